The van der Waals surface area contributed by atoms with Gasteiger partial charge in [-0.2, -0.15) is 0 Å². The minimum atomic E-state index is -1.35. The first-order valence-electron chi connectivity index (χ1n) is 8.17. The summed E-state index contributed by atoms with van der Waals surface area (Å²) in [6.45, 7) is 4.98. The van der Waals surface area contributed by atoms with E-state index in [4.69, 9.17) is 16.3 Å². The number of amides is 1. The molecule has 0 aliphatic carbocycles. The third-order valence-electron chi connectivity index (χ3n) is 4.09. The molecule has 1 fully saturated rings. The summed E-state index contributed by atoms with van der Waals surface area (Å²) in [5, 5.41) is 9.95. The Morgan fingerprint density at radius 3 is 2.41 bits per heavy atom. The minimum absolute atomic E-state index is 0.00518. The van der Waals surface area contributed by atoms with E-state index in [0.29, 0.717) is 5.56 Å². The van der Waals surface area contributed by atoms with Crippen molar-refractivity contribution in [3.63, 3.8) is 0 Å². The van der Waals surface area contributed by atoms with Gasteiger partial charge in [0.25, 0.3) is 5.69 Å². The molecule has 1 amide bonds. The summed E-state index contributed by atoms with van der Waals surface area (Å²) >= 11 is 7.09. The fraction of sp³-hybridized carbons (Fsp3) is 0.471. The van der Waals surface area contributed by atoms with Crippen LogP contribution in [0.5, 0.6) is 0 Å². The molecule has 0 spiro atoms. The second kappa shape index (κ2) is 8.71. The van der Waals surface area contributed by atoms with E-state index < -0.39 is 21.8 Å². The highest BCUT2D eigenvalue weighted by molar-refractivity contribution is 8.14. The number of non-ortho nitro benzene ring substituents is 1. The highest BCUT2D eigenvalue weighted by Crippen LogP contribution is 2.42. The molecule has 1 aromatic carbocycles. The maximum atomic E-state index is 12.4. The van der Waals surface area contributed by atoms with Crippen LogP contribution in [0.3, 0.4) is 0 Å². The van der Waals surface area contributed by atoms with Crippen LogP contribution in [0, 0.1) is 22.0 Å². The average Bonchev–Trinajstić information content (AvgIpc) is 2.58. The third-order valence-corrected chi connectivity index (χ3v) is 5.58. The molecule has 10 heteroatoms. The molecular weight excluding hydrogens is 396 g/mol. The van der Waals surface area contributed by atoms with Gasteiger partial charge in [0.2, 0.25) is 11.4 Å². The van der Waals surface area contributed by atoms with Crippen molar-refractivity contribution in [3.8, 4) is 0 Å². The Morgan fingerprint density at radius 1 is 1.33 bits per heavy atom. The van der Waals surface area contributed by atoms with Gasteiger partial charge >= 0.3 is 5.97 Å². The van der Waals surface area contributed by atoms with Crippen LogP contribution in [0.4, 0.5) is 5.69 Å². The van der Waals surface area contributed by atoms with Gasteiger partial charge in [0.1, 0.15) is 6.61 Å². The van der Waals surface area contributed by atoms with Gasteiger partial charge in [-0.1, -0.05) is 37.2 Å². The second-order valence-electron chi connectivity index (χ2n) is 6.38. The van der Waals surface area contributed by atoms with E-state index in [-0.39, 0.29) is 35.2 Å². The van der Waals surface area contributed by atoms with Crippen molar-refractivity contribution in [1.29, 1.82) is 0 Å². The van der Waals surface area contributed by atoms with Crippen molar-refractivity contribution in [3.05, 3.63) is 39.9 Å². The first-order valence-corrected chi connectivity index (χ1v) is 9.48. The molecule has 0 N–H and O–H groups in total. The van der Waals surface area contributed by atoms with Crippen molar-refractivity contribution in [2.75, 3.05) is 0 Å². The molecule has 3 unspecified atom stereocenters. The maximum absolute atomic E-state index is 12.4. The number of hydrogen-bond acceptors (Lipinski definition) is 7. The largest absolute Gasteiger partial charge is 0.458 e. The summed E-state index contributed by atoms with van der Waals surface area (Å²) in [6.07, 6.45) is 0. The number of nitro benzene ring substituents is 1. The Morgan fingerprint density at radius 2 is 1.93 bits per heavy atom. The molecule has 1 aromatic rings. The van der Waals surface area contributed by atoms with Crippen LogP contribution in [0.25, 0.3) is 0 Å². The Balaban J connectivity index is 1.99. The molecule has 0 radical (unpaired) electrons. The van der Waals surface area contributed by atoms with E-state index >= 15 is 0 Å². The highest BCUT2D eigenvalue weighted by atomic mass is 35.5. The Kier molecular flexibility index (Phi) is 6.83. The van der Waals surface area contributed by atoms with Crippen molar-refractivity contribution < 1.29 is 24.0 Å². The van der Waals surface area contributed by atoms with E-state index in [2.05, 4.69) is 0 Å². The van der Waals surface area contributed by atoms with E-state index in [1.807, 2.05) is 13.8 Å². The van der Waals surface area contributed by atoms with Gasteiger partial charge in [0.15, 0.2) is 5.12 Å². The first kappa shape index (κ1) is 21.2. The van der Waals surface area contributed by atoms with E-state index in [1.54, 1.807) is 0 Å². The Bertz CT molecular complexity index is 754. The molecule has 27 heavy (non-hydrogen) atoms. The number of alkyl halides is 1. The number of benzene rings is 1. The van der Waals surface area contributed by atoms with E-state index in [1.165, 1.54) is 31.2 Å². The van der Waals surface area contributed by atoms with Gasteiger partial charge in [-0.05, 0) is 23.6 Å². The molecule has 0 bridgehead atoms. The number of nitro groups is 1. The zero-order valence-corrected chi connectivity index (χ0v) is 16.5. The van der Waals surface area contributed by atoms with Crippen LogP contribution in [0.1, 0.15) is 26.3 Å². The summed E-state index contributed by atoms with van der Waals surface area (Å²) < 4.78 is 5.12. The lowest BCUT2D eigenvalue weighted by atomic mass is 9.87. The van der Waals surface area contributed by atoms with Crippen molar-refractivity contribution in [2.24, 2.45) is 11.8 Å². The number of hydrogen-bond donors (Lipinski definition) is 0. The molecule has 1 heterocycles. The van der Waals surface area contributed by atoms with Crippen LogP contribution < -0.4 is 0 Å². The number of thioether (sulfide) groups is 1. The summed E-state index contributed by atoms with van der Waals surface area (Å²) in [5.41, 5.74) is -0.875. The molecule has 0 saturated carbocycles. The number of esters is 1. The summed E-state index contributed by atoms with van der Waals surface area (Å²) in [6, 6.07) is 5.53. The van der Waals surface area contributed by atoms with Crippen LogP contribution in [0.15, 0.2) is 24.3 Å². The number of carbonyl (C=O) groups is 3. The number of ether oxygens (including phenoxy) is 1. The first-order chi connectivity index (χ1) is 12.6. The highest BCUT2D eigenvalue weighted by Gasteiger charge is 2.54. The lowest BCUT2D eigenvalue weighted by Gasteiger charge is -2.49. The molecule has 2 rings (SSSR count). The lowest BCUT2D eigenvalue weighted by Crippen LogP contribution is -2.65. The fourth-order valence-electron chi connectivity index (χ4n) is 2.72. The normalized spacial score (nSPS) is 20.2. The smallest absolute Gasteiger partial charge is 0.345 e. The van der Waals surface area contributed by atoms with Gasteiger partial charge in [0.05, 0.1) is 16.2 Å². The van der Waals surface area contributed by atoms with E-state index in [9.17, 15) is 24.5 Å². The summed E-state index contributed by atoms with van der Waals surface area (Å²) in [5.74, 6) is -1.50. The summed E-state index contributed by atoms with van der Waals surface area (Å²) in [4.78, 5) is 47.3. The standard InChI is InChI=1S/C17H19ClN2O6S/c1-9(2)13-15(22)19(16(13)27-10(3)21)14(18)17(23)26-8-11-4-6-12(7-5-11)20(24)25/h4-7,9,13-14,16H,8H2,1-3H3. The van der Waals surface area contributed by atoms with Gasteiger partial charge in [-0.15, -0.1) is 0 Å². The van der Waals surface area contributed by atoms with Crippen LogP contribution in [0.2, 0.25) is 0 Å². The monoisotopic (exact) mass is 414 g/mol. The van der Waals surface area contributed by atoms with Gasteiger partial charge < -0.3 is 9.64 Å². The minimum Gasteiger partial charge on any atom is -0.458 e. The number of nitrogens with zero attached hydrogens (tertiary/aromatic N) is 2. The fourth-order valence-corrected chi connectivity index (χ4v) is 4.32. The SMILES string of the molecule is CC(=O)SC1C(C(C)C)C(=O)N1C(Cl)C(=O)OCc1ccc([N+](=O)[O-])cc1. The number of likely N-dealkylation sites (tertiary alicyclic amines) is 1. The quantitative estimate of drug-likeness (QED) is 0.168. The third kappa shape index (κ3) is 4.78. The average molecular weight is 415 g/mol. The number of rotatable bonds is 7. The second-order valence-corrected chi connectivity index (χ2v) is 8.09. The van der Waals surface area contributed by atoms with Gasteiger partial charge in [-0.3, -0.25) is 19.7 Å². The molecule has 8 nitrogen and oxygen atoms in total. The van der Waals surface area contributed by atoms with Crippen molar-refractivity contribution in [2.45, 2.75) is 38.3 Å². The van der Waals surface area contributed by atoms with Crippen LogP contribution in [-0.4, -0.2) is 37.7 Å². The number of carbonyl (C=O) groups excluding carboxylic acids is 3. The van der Waals surface area contributed by atoms with Gasteiger partial charge in [-0.25, -0.2) is 4.79 Å². The lowest BCUT2D eigenvalue weighted by molar-refractivity contribution is -0.384. The zero-order chi connectivity index (χ0) is 20.3. The molecule has 3 atom stereocenters. The molecule has 0 aromatic heterocycles. The Labute approximate surface area is 165 Å². The molecule has 1 aliphatic heterocycles. The number of β-lactam (4-membered cyclic amide) rings is 1. The van der Waals surface area contributed by atoms with Crippen LogP contribution in [-0.2, 0) is 25.7 Å². The van der Waals surface area contributed by atoms with Crippen molar-refractivity contribution >= 4 is 46.0 Å². The topological polar surface area (TPSA) is 107 Å². The van der Waals surface area contributed by atoms with Gasteiger partial charge in [0, 0.05) is 19.1 Å². The predicted molar refractivity (Wildman–Crippen MR) is 99.8 cm³/mol. The Hall–Kier alpha value is -2.13. The summed E-state index contributed by atoms with van der Waals surface area (Å²) in [7, 11) is 0. The molecule has 1 aliphatic rings. The van der Waals surface area contributed by atoms with Crippen LogP contribution >= 0.6 is 23.4 Å². The molecule has 146 valence electrons. The molecule has 1 saturated heterocycles. The predicted octanol–water partition coefficient (Wildman–Crippen LogP) is 2.92. The zero-order valence-electron chi connectivity index (χ0n) is 15.0. The van der Waals surface area contributed by atoms with Crippen molar-refractivity contribution in [1.82, 2.24) is 4.90 Å². The molecular formula is C17H19ClN2O6S. The maximum Gasteiger partial charge on any atom is 0.345 e. The van der Waals surface area contributed by atoms with E-state index in [0.717, 1.165) is 16.7 Å². The number of halogens is 1.